The summed E-state index contributed by atoms with van der Waals surface area (Å²) in [6.07, 6.45) is 6.36. The average Bonchev–Trinajstić information content (AvgIpc) is 2.69. The number of para-hydroxylation sites is 1. The molecule has 28 heavy (non-hydrogen) atoms. The van der Waals surface area contributed by atoms with Crippen LogP contribution in [0.1, 0.15) is 30.0 Å². The smallest absolute Gasteiger partial charge is 0.128 e. The van der Waals surface area contributed by atoms with Gasteiger partial charge in [0, 0.05) is 12.0 Å². The summed E-state index contributed by atoms with van der Waals surface area (Å²) in [6, 6.07) is 11.7. The van der Waals surface area contributed by atoms with Crippen LogP contribution in [0.15, 0.2) is 53.7 Å². The van der Waals surface area contributed by atoms with Crippen molar-refractivity contribution in [3.63, 3.8) is 0 Å². The van der Waals surface area contributed by atoms with Crippen LogP contribution in [0.5, 0.6) is 17.2 Å². The summed E-state index contributed by atoms with van der Waals surface area (Å²) in [4.78, 5) is 4.73. The molecule has 0 spiro atoms. The summed E-state index contributed by atoms with van der Waals surface area (Å²) in [6.45, 7) is 7.75. The summed E-state index contributed by atoms with van der Waals surface area (Å²) >= 11 is 0. The second-order valence-electron chi connectivity index (χ2n) is 6.27. The van der Waals surface area contributed by atoms with Crippen molar-refractivity contribution in [2.24, 2.45) is 5.16 Å². The normalized spacial score (nSPS) is 11.1. The van der Waals surface area contributed by atoms with E-state index in [1.54, 1.807) is 6.21 Å². The van der Waals surface area contributed by atoms with Gasteiger partial charge in [0.2, 0.25) is 0 Å². The minimum Gasteiger partial charge on any atom is -0.493 e. The number of oxime groups is 1. The van der Waals surface area contributed by atoms with Gasteiger partial charge in [0.05, 0.1) is 19.4 Å². The monoisotopic (exact) mass is 383 g/mol. The van der Waals surface area contributed by atoms with E-state index in [4.69, 9.17) is 19.0 Å². The first kappa shape index (κ1) is 21.4. The molecule has 0 N–H and O–H groups in total. The minimum atomic E-state index is 0.556. The van der Waals surface area contributed by atoms with E-state index in [9.17, 15) is 0 Å². The molecule has 0 aliphatic heterocycles. The molecule has 2 rings (SSSR count). The molecule has 0 radical (unpaired) electrons. The van der Waals surface area contributed by atoms with E-state index in [2.05, 4.69) is 5.16 Å². The molecule has 0 aliphatic rings. The minimum absolute atomic E-state index is 0.556. The lowest BCUT2D eigenvalue weighted by Crippen LogP contribution is -2.07. The number of aryl methyl sites for hydroxylation is 2. The highest BCUT2D eigenvalue weighted by Crippen LogP contribution is 2.28. The Morgan fingerprint density at radius 2 is 1.68 bits per heavy atom. The number of nitrogens with zero attached hydrogens (tertiary/aromatic N) is 1. The van der Waals surface area contributed by atoms with Crippen LogP contribution in [-0.2, 0) is 4.84 Å². The van der Waals surface area contributed by atoms with Gasteiger partial charge in [-0.15, -0.1) is 0 Å². The van der Waals surface area contributed by atoms with E-state index in [0.29, 0.717) is 19.8 Å². The summed E-state index contributed by atoms with van der Waals surface area (Å²) in [5, 5.41) is 3.79. The lowest BCUT2D eigenvalue weighted by Gasteiger charge is -2.15. The highest BCUT2D eigenvalue weighted by Gasteiger charge is 2.07. The first-order chi connectivity index (χ1) is 13.7. The van der Waals surface area contributed by atoms with E-state index in [1.165, 1.54) is 7.11 Å². The molecule has 5 heteroatoms. The zero-order valence-electron chi connectivity index (χ0n) is 17.1. The maximum atomic E-state index is 5.99. The van der Waals surface area contributed by atoms with E-state index in [0.717, 1.165) is 40.4 Å². The van der Waals surface area contributed by atoms with Gasteiger partial charge in [-0.3, -0.25) is 0 Å². The lowest BCUT2D eigenvalue weighted by molar-refractivity contribution is 0.215. The third-order valence-corrected chi connectivity index (χ3v) is 4.02. The SMILES string of the molecule is C/C=C/COc1cc(C)c(OCCCOc2ccccc2/C=N/OC)c(C)c1. The second kappa shape index (κ2) is 11.7. The molecule has 0 bridgehead atoms. The molecule has 0 heterocycles. The topological polar surface area (TPSA) is 49.3 Å². The Hall–Kier alpha value is -2.95. The number of hydrogen-bond donors (Lipinski definition) is 0. The third kappa shape index (κ3) is 6.65. The quantitative estimate of drug-likeness (QED) is 0.235. The molecule has 0 atom stereocenters. The van der Waals surface area contributed by atoms with Crippen LogP contribution in [0.2, 0.25) is 0 Å². The molecular weight excluding hydrogens is 354 g/mol. The van der Waals surface area contributed by atoms with E-state index >= 15 is 0 Å². The predicted molar refractivity (Wildman–Crippen MR) is 113 cm³/mol. The Morgan fingerprint density at radius 1 is 0.964 bits per heavy atom. The van der Waals surface area contributed by atoms with Crippen molar-refractivity contribution >= 4 is 6.21 Å². The largest absolute Gasteiger partial charge is 0.493 e. The molecular formula is C23H29NO4. The molecule has 0 saturated carbocycles. The van der Waals surface area contributed by atoms with Gasteiger partial charge < -0.3 is 19.0 Å². The van der Waals surface area contributed by atoms with Crippen LogP contribution in [0.4, 0.5) is 0 Å². The van der Waals surface area contributed by atoms with Gasteiger partial charge in [0.1, 0.15) is 31.0 Å². The third-order valence-electron chi connectivity index (χ3n) is 4.02. The van der Waals surface area contributed by atoms with Crippen LogP contribution < -0.4 is 14.2 Å². The highest BCUT2D eigenvalue weighted by atomic mass is 16.6. The van der Waals surface area contributed by atoms with Crippen LogP contribution in [0.3, 0.4) is 0 Å². The van der Waals surface area contributed by atoms with E-state index < -0.39 is 0 Å². The summed E-state index contributed by atoms with van der Waals surface area (Å²) in [5.41, 5.74) is 3.01. The molecule has 2 aromatic carbocycles. The van der Waals surface area contributed by atoms with Crippen molar-refractivity contribution in [2.75, 3.05) is 26.9 Å². The Labute approximate surface area is 167 Å². The molecule has 2 aromatic rings. The van der Waals surface area contributed by atoms with Gasteiger partial charge in [-0.1, -0.05) is 29.4 Å². The maximum Gasteiger partial charge on any atom is 0.128 e. The van der Waals surface area contributed by atoms with E-state index in [-0.39, 0.29) is 0 Å². The van der Waals surface area contributed by atoms with Gasteiger partial charge in [-0.2, -0.15) is 0 Å². The first-order valence-corrected chi connectivity index (χ1v) is 9.42. The van der Waals surface area contributed by atoms with Crippen molar-refractivity contribution < 1.29 is 19.0 Å². The average molecular weight is 383 g/mol. The van der Waals surface area contributed by atoms with Gasteiger partial charge in [0.25, 0.3) is 0 Å². The van der Waals surface area contributed by atoms with Crippen LogP contribution >= 0.6 is 0 Å². The second-order valence-corrected chi connectivity index (χ2v) is 6.27. The zero-order chi connectivity index (χ0) is 20.2. The first-order valence-electron chi connectivity index (χ1n) is 9.42. The van der Waals surface area contributed by atoms with Crippen LogP contribution in [0, 0.1) is 13.8 Å². The van der Waals surface area contributed by atoms with Crippen LogP contribution in [-0.4, -0.2) is 33.1 Å². The standard InChI is InChI=1S/C23H29NO4/c1-5-6-12-26-21-15-18(2)23(19(3)16-21)28-14-9-13-27-22-11-8-7-10-20(22)17-24-25-4/h5-8,10-11,15-17H,9,12-14H2,1-4H3/b6-5+,24-17+. The van der Waals surface area contributed by atoms with Crippen molar-refractivity contribution in [2.45, 2.75) is 27.2 Å². The predicted octanol–water partition coefficient (Wildman–Crippen LogP) is 5.09. The van der Waals surface area contributed by atoms with Crippen molar-refractivity contribution in [3.05, 3.63) is 65.2 Å². The lowest BCUT2D eigenvalue weighted by atomic mass is 10.1. The summed E-state index contributed by atoms with van der Waals surface area (Å²) < 4.78 is 17.6. The number of hydrogen-bond acceptors (Lipinski definition) is 5. The van der Waals surface area contributed by atoms with Gasteiger partial charge in [-0.05, 0) is 56.2 Å². The molecule has 0 aromatic heterocycles. The van der Waals surface area contributed by atoms with Crippen molar-refractivity contribution in [1.29, 1.82) is 0 Å². The number of rotatable bonds is 11. The van der Waals surface area contributed by atoms with Gasteiger partial charge >= 0.3 is 0 Å². The van der Waals surface area contributed by atoms with Crippen molar-refractivity contribution in [3.8, 4) is 17.2 Å². The number of benzene rings is 2. The fourth-order valence-corrected chi connectivity index (χ4v) is 2.71. The molecule has 0 fully saturated rings. The molecule has 0 amide bonds. The summed E-state index contributed by atoms with van der Waals surface area (Å²) in [7, 11) is 1.52. The molecule has 0 unspecified atom stereocenters. The van der Waals surface area contributed by atoms with E-state index in [1.807, 2.05) is 69.3 Å². The zero-order valence-corrected chi connectivity index (χ0v) is 17.1. The van der Waals surface area contributed by atoms with Crippen LogP contribution in [0.25, 0.3) is 0 Å². The summed E-state index contributed by atoms with van der Waals surface area (Å²) in [5.74, 6) is 2.54. The van der Waals surface area contributed by atoms with Crippen molar-refractivity contribution in [1.82, 2.24) is 0 Å². The molecule has 150 valence electrons. The number of ether oxygens (including phenoxy) is 3. The Morgan fingerprint density at radius 3 is 2.39 bits per heavy atom. The molecule has 0 saturated heterocycles. The highest BCUT2D eigenvalue weighted by molar-refractivity contribution is 5.83. The number of allylic oxidation sites excluding steroid dienone is 1. The van der Waals surface area contributed by atoms with Gasteiger partial charge in [0.15, 0.2) is 0 Å². The molecule has 5 nitrogen and oxygen atoms in total. The Kier molecular flexibility index (Phi) is 8.92. The van der Waals surface area contributed by atoms with Gasteiger partial charge in [-0.25, -0.2) is 0 Å². The Bertz CT molecular complexity index is 776. The maximum absolute atomic E-state index is 5.99. The fourth-order valence-electron chi connectivity index (χ4n) is 2.71. The fraction of sp³-hybridized carbons (Fsp3) is 0.348. The Balaban J connectivity index is 1.83. The molecule has 0 aliphatic carbocycles.